The van der Waals surface area contributed by atoms with Crippen LogP contribution in [0.4, 0.5) is 0 Å². The van der Waals surface area contributed by atoms with E-state index < -0.39 is 0 Å². The van der Waals surface area contributed by atoms with Gasteiger partial charge in [0.25, 0.3) is 0 Å². The highest BCUT2D eigenvalue weighted by atomic mass is 35.5. The van der Waals surface area contributed by atoms with Crippen molar-refractivity contribution in [2.24, 2.45) is 5.92 Å². The molecule has 1 saturated heterocycles. The molecule has 1 heterocycles. The largest absolute Gasteiger partial charge is 0.314 e. The van der Waals surface area contributed by atoms with Crippen LogP contribution in [0.3, 0.4) is 0 Å². The molecule has 1 unspecified atom stereocenters. The maximum Gasteiger partial charge on any atom is 0.0453 e. The van der Waals surface area contributed by atoms with Gasteiger partial charge in [0.2, 0.25) is 0 Å². The maximum atomic E-state index is 6.32. The van der Waals surface area contributed by atoms with Gasteiger partial charge in [-0.05, 0) is 56.7 Å². The van der Waals surface area contributed by atoms with Gasteiger partial charge in [0.1, 0.15) is 0 Å². The molecule has 1 aromatic carbocycles. The number of nitrogens with one attached hydrogen (secondary N) is 1. The summed E-state index contributed by atoms with van der Waals surface area (Å²) in [5, 5.41) is 4.64. The first-order valence-corrected chi connectivity index (χ1v) is 8.33. The molecule has 3 rings (SSSR count). The minimum absolute atomic E-state index is 0.424. The Labute approximate surface area is 127 Å². The summed E-state index contributed by atoms with van der Waals surface area (Å²) in [6.45, 7) is 5.87. The van der Waals surface area contributed by atoms with Crippen molar-refractivity contribution in [1.29, 1.82) is 0 Å². The lowest BCUT2D eigenvalue weighted by molar-refractivity contribution is 0.152. The second kappa shape index (κ2) is 6.46. The van der Waals surface area contributed by atoms with Gasteiger partial charge in [-0.25, -0.2) is 0 Å². The lowest BCUT2D eigenvalue weighted by atomic mass is 10.00. The summed E-state index contributed by atoms with van der Waals surface area (Å²) in [6, 6.07) is 9.40. The molecule has 2 nitrogen and oxygen atoms in total. The first kappa shape index (κ1) is 14.4. The molecule has 2 aliphatic rings. The molecule has 0 amide bonds. The third kappa shape index (κ3) is 3.55. The Bertz CT molecular complexity index is 436. The number of rotatable bonds is 5. The highest BCUT2D eigenvalue weighted by Crippen LogP contribution is 2.30. The molecular formula is C17H25ClN2. The van der Waals surface area contributed by atoms with Crippen LogP contribution in [0.1, 0.15) is 44.2 Å². The summed E-state index contributed by atoms with van der Waals surface area (Å²) >= 11 is 6.32. The lowest BCUT2D eigenvalue weighted by Gasteiger charge is -2.37. The number of hydrogen-bond donors (Lipinski definition) is 1. The fourth-order valence-corrected chi connectivity index (χ4v) is 3.45. The van der Waals surface area contributed by atoms with Crippen LogP contribution in [-0.4, -0.2) is 30.6 Å². The van der Waals surface area contributed by atoms with Gasteiger partial charge in [-0.3, -0.25) is 4.90 Å². The zero-order valence-corrected chi connectivity index (χ0v) is 13.1. The zero-order valence-electron chi connectivity index (χ0n) is 12.3. The standard InChI is InChI=1S/C17H25ClN2/c1-13(16-4-2-3-5-17(16)18)20-10-8-15(9-11-20)19-12-14-6-7-14/h2-5,13-15,19H,6-12H2,1H3. The number of benzene rings is 1. The molecule has 0 radical (unpaired) electrons. The maximum absolute atomic E-state index is 6.32. The lowest BCUT2D eigenvalue weighted by Crippen LogP contribution is -2.43. The fourth-order valence-electron chi connectivity index (χ4n) is 3.16. The fraction of sp³-hybridized carbons (Fsp3) is 0.647. The van der Waals surface area contributed by atoms with Crippen LogP contribution in [0.15, 0.2) is 24.3 Å². The number of likely N-dealkylation sites (tertiary alicyclic amines) is 1. The van der Waals surface area contributed by atoms with E-state index in [0.717, 1.165) is 17.0 Å². The van der Waals surface area contributed by atoms with E-state index in [1.165, 1.54) is 50.9 Å². The summed E-state index contributed by atoms with van der Waals surface area (Å²) in [6.07, 6.45) is 5.41. The molecule has 2 fully saturated rings. The van der Waals surface area contributed by atoms with E-state index in [1.807, 2.05) is 12.1 Å². The van der Waals surface area contributed by atoms with Crippen LogP contribution in [0.2, 0.25) is 5.02 Å². The Kier molecular flexibility index (Phi) is 4.65. The van der Waals surface area contributed by atoms with Gasteiger partial charge in [0.15, 0.2) is 0 Å². The third-order valence-corrected chi connectivity index (χ3v) is 5.17. The number of hydrogen-bond acceptors (Lipinski definition) is 2. The Morgan fingerprint density at radius 3 is 2.55 bits per heavy atom. The van der Waals surface area contributed by atoms with Crippen molar-refractivity contribution in [3.63, 3.8) is 0 Å². The average molecular weight is 293 g/mol. The van der Waals surface area contributed by atoms with E-state index in [-0.39, 0.29) is 0 Å². The SMILES string of the molecule is CC(c1ccccc1Cl)N1CCC(NCC2CC2)CC1. The molecular weight excluding hydrogens is 268 g/mol. The monoisotopic (exact) mass is 292 g/mol. The van der Waals surface area contributed by atoms with E-state index in [1.54, 1.807) is 0 Å². The second-order valence-corrected chi connectivity index (χ2v) is 6.77. The predicted molar refractivity (Wildman–Crippen MR) is 85.2 cm³/mol. The van der Waals surface area contributed by atoms with Crippen molar-refractivity contribution >= 4 is 11.6 Å². The smallest absolute Gasteiger partial charge is 0.0453 e. The van der Waals surface area contributed by atoms with Crippen LogP contribution >= 0.6 is 11.6 Å². The molecule has 1 aromatic rings. The van der Waals surface area contributed by atoms with Crippen molar-refractivity contribution in [3.8, 4) is 0 Å². The van der Waals surface area contributed by atoms with E-state index >= 15 is 0 Å². The van der Waals surface area contributed by atoms with E-state index in [4.69, 9.17) is 11.6 Å². The summed E-state index contributed by atoms with van der Waals surface area (Å²) in [5.41, 5.74) is 1.26. The molecule has 0 bridgehead atoms. The van der Waals surface area contributed by atoms with Gasteiger partial charge in [-0.1, -0.05) is 29.8 Å². The summed E-state index contributed by atoms with van der Waals surface area (Å²) < 4.78 is 0. The second-order valence-electron chi connectivity index (χ2n) is 6.36. The van der Waals surface area contributed by atoms with Crippen LogP contribution in [0.25, 0.3) is 0 Å². The Hall–Kier alpha value is -0.570. The topological polar surface area (TPSA) is 15.3 Å². The third-order valence-electron chi connectivity index (χ3n) is 4.82. The number of piperidine rings is 1. The molecule has 1 aliphatic carbocycles. The van der Waals surface area contributed by atoms with Gasteiger partial charge >= 0.3 is 0 Å². The van der Waals surface area contributed by atoms with E-state index in [2.05, 4.69) is 29.3 Å². The van der Waals surface area contributed by atoms with Crippen molar-refractivity contribution in [2.75, 3.05) is 19.6 Å². The minimum atomic E-state index is 0.424. The number of nitrogens with zero attached hydrogens (tertiary/aromatic N) is 1. The Balaban J connectivity index is 1.50. The summed E-state index contributed by atoms with van der Waals surface area (Å²) in [4.78, 5) is 2.57. The zero-order chi connectivity index (χ0) is 13.9. The van der Waals surface area contributed by atoms with E-state index in [9.17, 15) is 0 Å². The summed E-state index contributed by atoms with van der Waals surface area (Å²) in [7, 11) is 0. The van der Waals surface area contributed by atoms with Gasteiger partial charge in [-0.15, -0.1) is 0 Å². The van der Waals surface area contributed by atoms with E-state index in [0.29, 0.717) is 6.04 Å². The molecule has 20 heavy (non-hydrogen) atoms. The molecule has 1 saturated carbocycles. The summed E-state index contributed by atoms with van der Waals surface area (Å²) in [5.74, 6) is 0.982. The highest BCUT2D eigenvalue weighted by Gasteiger charge is 2.26. The molecule has 1 aliphatic heterocycles. The van der Waals surface area contributed by atoms with Crippen LogP contribution in [-0.2, 0) is 0 Å². The Morgan fingerprint density at radius 2 is 1.90 bits per heavy atom. The van der Waals surface area contributed by atoms with Crippen molar-refractivity contribution in [2.45, 2.75) is 44.7 Å². The van der Waals surface area contributed by atoms with Crippen molar-refractivity contribution in [1.82, 2.24) is 10.2 Å². The number of halogens is 1. The quantitative estimate of drug-likeness (QED) is 0.886. The van der Waals surface area contributed by atoms with Gasteiger partial charge < -0.3 is 5.32 Å². The first-order valence-electron chi connectivity index (χ1n) is 7.96. The molecule has 0 spiro atoms. The van der Waals surface area contributed by atoms with Gasteiger partial charge in [0, 0.05) is 30.2 Å². The Morgan fingerprint density at radius 1 is 1.20 bits per heavy atom. The normalized spacial score (nSPS) is 22.9. The molecule has 3 heteroatoms. The predicted octanol–water partition coefficient (Wildman–Crippen LogP) is 3.87. The van der Waals surface area contributed by atoms with Gasteiger partial charge in [0.05, 0.1) is 0 Å². The minimum Gasteiger partial charge on any atom is -0.314 e. The van der Waals surface area contributed by atoms with Crippen LogP contribution < -0.4 is 5.32 Å². The van der Waals surface area contributed by atoms with Crippen LogP contribution in [0.5, 0.6) is 0 Å². The van der Waals surface area contributed by atoms with Crippen molar-refractivity contribution in [3.05, 3.63) is 34.9 Å². The van der Waals surface area contributed by atoms with Crippen LogP contribution in [0, 0.1) is 5.92 Å². The average Bonchev–Trinajstić information content (AvgIpc) is 3.30. The van der Waals surface area contributed by atoms with Gasteiger partial charge in [-0.2, -0.15) is 0 Å². The molecule has 0 aromatic heterocycles. The highest BCUT2D eigenvalue weighted by molar-refractivity contribution is 6.31. The first-order chi connectivity index (χ1) is 9.74. The molecule has 110 valence electrons. The molecule has 1 atom stereocenters. The molecule has 1 N–H and O–H groups in total. The van der Waals surface area contributed by atoms with Crippen molar-refractivity contribution < 1.29 is 0 Å².